The molecule has 5 rings (SSSR count). The zero-order valence-electron chi connectivity index (χ0n) is 25.7. The number of rotatable bonds is 7. The number of hydrogen-bond donors (Lipinski definition) is 0. The van der Waals surface area contributed by atoms with Gasteiger partial charge in [0, 0.05) is 0 Å². The number of benzene rings is 2. The van der Waals surface area contributed by atoms with Gasteiger partial charge in [-0.05, 0) is 114 Å². The fourth-order valence-corrected chi connectivity index (χ4v) is 10.3. The Bertz CT molecular complexity index is 1010. The Balaban J connectivity index is 1.22. The van der Waals surface area contributed by atoms with Crippen molar-refractivity contribution >= 4 is 10.8 Å². The minimum Gasteiger partial charge on any atom is -0.0625 e. The molecule has 0 radical (unpaired) electrons. The van der Waals surface area contributed by atoms with Gasteiger partial charge in [0.05, 0.1) is 0 Å². The Kier molecular flexibility index (Phi) is 9.27. The molecule has 9 atom stereocenters. The van der Waals surface area contributed by atoms with E-state index in [4.69, 9.17) is 0 Å². The van der Waals surface area contributed by atoms with Crippen molar-refractivity contribution in [3.8, 4) is 0 Å². The summed E-state index contributed by atoms with van der Waals surface area (Å²) in [6.45, 7) is 15.6. The van der Waals surface area contributed by atoms with Crippen molar-refractivity contribution in [2.75, 3.05) is 0 Å². The van der Waals surface area contributed by atoms with Crippen molar-refractivity contribution in [1.82, 2.24) is 0 Å². The molecule has 0 amide bonds. The molecule has 0 saturated heterocycles. The van der Waals surface area contributed by atoms with Crippen LogP contribution in [-0.4, -0.2) is 0 Å². The molecule has 0 aliphatic heterocycles. The monoisotopic (exact) mass is 514 g/mol. The average Bonchev–Trinajstić information content (AvgIpc) is 2.91. The maximum Gasteiger partial charge on any atom is -0.0152 e. The van der Waals surface area contributed by atoms with Gasteiger partial charge in [-0.15, -0.1) is 0 Å². The molecule has 3 aliphatic rings. The lowest BCUT2D eigenvalue weighted by atomic mass is 9.53. The number of hydrogen-bond acceptors (Lipinski definition) is 0. The molecule has 0 spiro atoms. The second-order valence-corrected chi connectivity index (χ2v) is 15.0. The molecule has 38 heavy (non-hydrogen) atoms. The predicted molar refractivity (Wildman–Crippen MR) is 166 cm³/mol. The SMILES string of the molecule is CC(C)C1CC(C(C)CC2CCC(Cc3cccc4ccccc34)C(C)C2)C(C)C(C2CCCCC2)C1C. The third kappa shape index (κ3) is 6.05. The Morgan fingerprint density at radius 2 is 1.45 bits per heavy atom. The molecular formula is C38H58. The van der Waals surface area contributed by atoms with Gasteiger partial charge in [0.25, 0.3) is 0 Å². The smallest absolute Gasteiger partial charge is 0.0152 e. The summed E-state index contributed by atoms with van der Waals surface area (Å²) in [5, 5.41) is 2.88. The van der Waals surface area contributed by atoms with Crippen LogP contribution in [0.15, 0.2) is 42.5 Å². The average molecular weight is 515 g/mol. The van der Waals surface area contributed by atoms with Crippen molar-refractivity contribution in [1.29, 1.82) is 0 Å². The van der Waals surface area contributed by atoms with Crippen LogP contribution >= 0.6 is 0 Å². The maximum absolute atomic E-state index is 2.69. The summed E-state index contributed by atoms with van der Waals surface area (Å²) in [6.07, 6.45) is 16.1. The Morgan fingerprint density at radius 1 is 0.737 bits per heavy atom. The van der Waals surface area contributed by atoms with E-state index < -0.39 is 0 Å². The third-order valence-corrected chi connectivity index (χ3v) is 12.4. The topological polar surface area (TPSA) is 0 Å². The van der Waals surface area contributed by atoms with Crippen molar-refractivity contribution in [3.05, 3.63) is 48.0 Å². The van der Waals surface area contributed by atoms with E-state index in [0.717, 1.165) is 65.1 Å². The van der Waals surface area contributed by atoms with Crippen molar-refractivity contribution in [3.63, 3.8) is 0 Å². The fourth-order valence-electron chi connectivity index (χ4n) is 10.3. The highest BCUT2D eigenvalue weighted by molar-refractivity contribution is 5.85. The Labute approximate surface area is 235 Å². The van der Waals surface area contributed by atoms with Gasteiger partial charge in [0.15, 0.2) is 0 Å². The van der Waals surface area contributed by atoms with Crippen LogP contribution in [0.25, 0.3) is 10.8 Å². The molecule has 0 heterocycles. The molecule has 0 bridgehead atoms. The van der Waals surface area contributed by atoms with Crippen molar-refractivity contribution in [2.24, 2.45) is 65.1 Å². The summed E-state index contributed by atoms with van der Waals surface area (Å²) in [6, 6.07) is 15.9. The van der Waals surface area contributed by atoms with Crippen molar-refractivity contribution < 1.29 is 0 Å². The maximum atomic E-state index is 2.69. The molecular weight excluding hydrogens is 456 g/mol. The van der Waals surface area contributed by atoms with Gasteiger partial charge >= 0.3 is 0 Å². The molecule has 2 aromatic carbocycles. The molecule has 2 aromatic rings. The summed E-state index contributed by atoms with van der Waals surface area (Å²) < 4.78 is 0. The lowest BCUT2D eigenvalue weighted by Crippen LogP contribution is -2.45. The standard InChI is InChI=1S/C38H58/c1-25(2)36-24-37(29(6)38(28(36)5)32-14-8-7-9-15-32)27(4)22-30-19-20-33(26(3)21-30)23-34-17-12-16-31-13-10-11-18-35(31)34/h10-13,16-18,25-30,32-33,36-38H,7-9,14-15,19-24H2,1-6H3. The van der Waals surface area contributed by atoms with E-state index in [1.807, 2.05) is 0 Å². The molecule has 3 saturated carbocycles. The first-order chi connectivity index (χ1) is 18.3. The number of fused-ring (bicyclic) bond motifs is 1. The highest BCUT2D eigenvalue weighted by atomic mass is 14.5. The van der Waals surface area contributed by atoms with Crippen LogP contribution in [0.4, 0.5) is 0 Å². The first-order valence-electron chi connectivity index (χ1n) is 16.8. The van der Waals surface area contributed by atoms with Crippen LogP contribution in [0.5, 0.6) is 0 Å². The Morgan fingerprint density at radius 3 is 2.18 bits per heavy atom. The van der Waals surface area contributed by atoms with Gasteiger partial charge in [-0.3, -0.25) is 0 Å². The second-order valence-electron chi connectivity index (χ2n) is 15.0. The normalized spacial score (nSPS) is 36.0. The highest BCUT2D eigenvalue weighted by Crippen LogP contribution is 2.54. The molecule has 0 aromatic heterocycles. The van der Waals surface area contributed by atoms with E-state index in [1.165, 1.54) is 81.4 Å². The second kappa shape index (κ2) is 12.5. The van der Waals surface area contributed by atoms with E-state index in [9.17, 15) is 0 Å². The van der Waals surface area contributed by atoms with E-state index in [-0.39, 0.29) is 0 Å². The quantitative estimate of drug-likeness (QED) is 0.344. The van der Waals surface area contributed by atoms with Gasteiger partial charge < -0.3 is 0 Å². The van der Waals surface area contributed by atoms with Crippen LogP contribution < -0.4 is 0 Å². The molecule has 3 fully saturated rings. The zero-order chi connectivity index (χ0) is 26.8. The Hall–Kier alpha value is -1.30. The largest absolute Gasteiger partial charge is 0.0625 e. The van der Waals surface area contributed by atoms with Crippen LogP contribution in [0.1, 0.15) is 111 Å². The summed E-state index contributed by atoms with van der Waals surface area (Å²) >= 11 is 0. The first kappa shape index (κ1) is 28.2. The summed E-state index contributed by atoms with van der Waals surface area (Å²) in [7, 11) is 0. The molecule has 0 nitrogen and oxygen atoms in total. The minimum atomic E-state index is 0.836. The summed E-state index contributed by atoms with van der Waals surface area (Å²) in [5.74, 6) is 10.0. The van der Waals surface area contributed by atoms with E-state index in [2.05, 4.69) is 84.0 Å². The van der Waals surface area contributed by atoms with Gasteiger partial charge in [0.2, 0.25) is 0 Å². The highest BCUT2D eigenvalue weighted by Gasteiger charge is 2.46. The predicted octanol–water partition coefficient (Wildman–Crippen LogP) is 11.2. The van der Waals surface area contributed by atoms with Crippen LogP contribution in [-0.2, 0) is 6.42 Å². The molecule has 0 N–H and O–H groups in total. The summed E-state index contributed by atoms with van der Waals surface area (Å²) in [4.78, 5) is 0. The van der Waals surface area contributed by atoms with Crippen LogP contribution in [0.3, 0.4) is 0 Å². The van der Waals surface area contributed by atoms with Gasteiger partial charge in [-0.2, -0.15) is 0 Å². The van der Waals surface area contributed by atoms with Crippen LogP contribution in [0.2, 0.25) is 0 Å². The lowest BCUT2D eigenvalue weighted by molar-refractivity contribution is -0.0338. The first-order valence-corrected chi connectivity index (χ1v) is 16.8. The van der Waals surface area contributed by atoms with E-state index in [1.54, 1.807) is 5.56 Å². The van der Waals surface area contributed by atoms with Gasteiger partial charge in [0.1, 0.15) is 0 Å². The lowest BCUT2D eigenvalue weighted by Gasteiger charge is -2.52. The van der Waals surface area contributed by atoms with Gasteiger partial charge in [-0.1, -0.05) is 123 Å². The third-order valence-electron chi connectivity index (χ3n) is 12.4. The van der Waals surface area contributed by atoms with Gasteiger partial charge in [-0.25, -0.2) is 0 Å². The summed E-state index contributed by atoms with van der Waals surface area (Å²) in [5.41, 5.74) is 1.57. The minimum absolute atomic E-state index is 0.836. The fraction of sp³-hybridized carbons (Fsp3) is 0.737. The van der Waals surface area contributed by atoms with E-state index in [0.29, 0.717) is 0 Å². The zero-order valence-corrected chi connectivity index (χ0v) is 25.7. The molecule has 3 aliphatic carbocycles. The molecule has 9 unspecified atom stereocenters. The van der Waals surface area contributed by atoms with Crippen LogP contribution in [0, 0.1) is 65.1 Å². The van der Waals surface area contributed by atoms with E-state index >= 15 is 0 Å². The molecule has 0 heteroatoms. The molecule has 210 valence electrons. The van der Waals surface area contributed by atoms with Crippen molar-refractivity contribution in [2.45, 2.75) is 112 Å².